The third-order valence-corrected chi connectivity index (χ3v) is 6.22. The molecule has 0 fully saturated rings. The predicted octanol–water partition coefficient (Wildman–Crippen LogP) is 6.62. The van der Waals surface area contributed by atoms with Crippen LogP contribution in [-0.2, 0) is 4.79 Å². The third kappa shape index (κ3) is 8.00. The molecule has 1 aromatic carbocycles. The van der Waals surface area contributed by atoms with Crippen LogP contribution in [0.15, 0.2) is 23.0 Å². The van der Waals surface area contributed by atoms with Gasteiger partial charge in [-0.05, 0) is 49.3 Å². The van der Waals surface area contributed by atoms with E-state index in [2.05, 4.69) is 43.0 Å². The molecule has 0 aliphatic carbocycles. The SMILES string of the molecule is CCCC(C)CCCCC(CCC(C)CCC)C(=O)Nc1ccc2[nH]c(=O)[nH]c2c1. The Morgan fingerprint density at radius 1 is 0.867 bits per heavy atom. The number of imidazole rings is 1. The highest BCUT2D eigenvalue weighted by molar-refractivity contribution is 5.94. The van der Waals surface area contributed by atoms with E-state index in [-0.39, 0.29) is 17.5 Å². The van der Waals surface area contributed by atoms with Crippen LogP contribution in [0.1, 0.15) is 91.9 Å². The monoisotopic (exact) mass is 415 g/mol. The molecule has 0 bridgehead atoms. The van der Waals surface area contributed by atoms with Gasteiger partial charge in [-0.2, -0.15) is 0 Å². The number of carbonyl (C=O) groups is 1. The van der Waals surface area contributed by atoms with Crippen LogP contribution in [0.2, 0.25) is 0 Å². The second-order valence-electron chi connectivity index (χ2n) is 9.18. The third-order valence-electron chi connectivity index (χ3n) is 6.22. The summed E-state index contributed by atoms with van der Waals surface area (Å²) in [5.41, 5.74) is 1.99. The van der Waals surface area contributed by atoms with Gasteiger partial charge in [0.15, 0.2) is 0 Å². The standard InChI is InChI=1S/C25H41N3O2/c1-5-9-18(3)11-7-8-12-20(14-13-19(4)10-6-2)24(29)26-21-15-16-22-23(17-21)28-25(30)27-22/h15-20H,5-14H2,1-4H3,(H,26,29)(H2,27,28,30). The van der Waals surface area contributed by atoms with Crippen LogP contribution in [-0.4, -0.2) is 15.9 Å². The lowest BCUT2D eigenvalue weighted by Gasteiger charge is -2.19. The summed E-state index contributed by atoms with van der Waals surface area (Å²) in [6, 6.07) is 5.51. The second kappa shape index (κ2) is 12.6. The van der Waals surface area contributed by atoms with Crippen LogP contribution < -0.4 is 11.0 Å². The van der Waals surface area contributed by atoms with Crippen LogP contribution in [0.5, 0.6) is 0 Å². The number of carbonyl (C=O) groups excluding carboxylic acids is 1. The number of aromatic nitrogens is 2. The van der Waals surface area contributed by atoms with Gasteiger partial charge in [0.2, 0.25) is 5.91 Å². The Hall–Kier alpha value is -2.04. The zero-order valence-electron chi connectivity index (χ0n) is 19.4. The fourth-order valence-corrected chi connectivity index (χ4v) is 4.40. The number of fused-ring (bicyclic) bond motifs is 1. The van der Waals surface area contributed by atoms with Crippen LogP contribution >= 0.6 is 0 Å². The van der Waals surface area contributed by atoms with Crippen molar-refractivity contribution in [3.8, 4) is 0 Å². The van der Waals surface area contributed by atoms with Gasteiger partial charge in [0.25, 0.3) is 0 Å². The lowest BCUT2D eigenvalue weighted by Crippen LogP contribution is -2.23. The van der Waals surface area contributed by atoms with E-state index in [1.54, 1.807) is 0 Å². The van der Waals surface area contributed by atoms with Crippen molar-refractivity contribution in [1.29, 1.82) is 0 Å². The summed E-state index contributed by atoms with van der Waals surface area (Å²) >= 11 is 0. The molecular formula is C25H41N3O2. The number of hydrogen-bond acceptors (Lipinski definition) is 2. The Labute approximate surface area is 181 Å². The van der Waals surface area contributed by atoms with Gasteiger partial charge in [0.05, 0.1) is 11.0 Å². The van der Waals surface area contributed by atoms with Gasteiger partial charge in [-0.25, -0.2) is 4.79 Å². The Kier molecular flexibility index (Phi) is 10.2. The van der Waals surface area contributed by atoms with Gasteiger partial charge in [-0.15, -0.1) is 0 Å². The van der Waals surface area contributed by atoms with Crippen molar-refractivity contribution in [2.24, 2.45) is 17.8 Å². The number of H-pyrrole nitrogens is 2. The first-order valence-electron chi connectivity index (χ1n) is 12.0. The highest BCUT2D eigenvalue weighted by Crippen LogP contribution is 2.24. The number of amides is 1. The van der Waals surface area contributed by atoms with Crippen molar-refractivity contribution in [3.63, 3.8) is 0 Å². The summed E-state index contributed by atoms with van der Waals surface area (Å²) in [5, 5.41) is 3.09. The van der Waals surface area contributed by atoms with E-state index in [0.717, 1.165) is 48.3 Å². The number of aromatic amines is 2. The zero-order valence-corrected chi connectivity index (χ0v) is 19.4. The normalized spacial score (nSPS) is 14.5. The molecule has 0 radical (unpaired) electrons. The molecule has 5 heteroatoms. The molecule has 168 valence electrons. The summed E-state index contributed by atoms with van der Waals surface area (Å²) in [7, 11) is 0. The predicted molar refractivity (Wildman–Crippen MR) is 127 cm³/mol. The number of rotatable bonds is 14. The number of nitrogens with one attached hydrogen (secondary N) is 3. The minimum Gasteiger partial charge on any atom is -0.326 e. The molecule has 5 nitrogen and oxygen atoms in total. The van der Waals surface area contributed by atoms with Crippen LogP contribution in [0, 0.1) is 17.8 Å². The molecule has 0 aliphatic heterocycles. The van der Waals surface area contributed by atoms with Gasteiger partial charge >= 0.3 is 5.69 Å². The molecule has 2 aromatic rings. The summed E-state index contributed by atoms with van der Waals surface area (Å²) in [6.07, 6.45) is 11.5. The van der Waals surface area contributed by atoms with E-state index in [1.807, 2.05) is 18.2 Å². The number of anilines is 1. The molecule has 3 atom stereocenters. The average Bonchev–Trinajstić information content (AvgIpc) is 3.07. The first kappa shape index (κ1) is 24.2. The Morgan fingerprint density at radius 2 is 1.50 bits per heavy atom. The molecule has 2 rings (SSSR count). The van der Waals surface area contributed by atoms with Crippen molar-refractivity contribution in [2.75, 3.05) is 5.32 Å². The lowest BCUT2D eigenvalue weighted by atomic mass is 9.89. The minimum atomic E-state index is -0.228. The summed E-state index contributed by atoms with van der Waals surface area (Å²) in [4.78, 5) is 30.0. The Balaban J connectivity index is 1.95. The molecule has 1 heterocycles. The van der Waals surface area contributed by atoms with Crippen molar-refractivity contribution < 1.29 is 4.79 Å². The smallest absolute Gasteiger partial charge is 0.323 e. The molecule has 3 N–H and O–H groups in total. The van der Waals surface area contributed by atoms with Crippen LogP contribution in [0.3, 0.4) is 0 Å². The molecular weight excluding hydrogens is 374 g/mol. The highest BCUT2D eigenvalue weighted by Gasteiger charge is 2.20. The Bertz CT molecular complexity index is 823. The zero-order chi connectivity index (χ0) is 21.9. The van der Waals surface area contributed by atoms with Crippen molar-refractivity contribution >= 4 is 22.6 Å². The molecule has 0 spiro atoms. The highest BCUT2D eigenvalue weighted by atomic mass is 16.2. The lowest BCUT2D eigenvalue weighted by molar-refractivity contribution is -0.120. The summed E-state index contributed by atoms with van der Waals surface area (Å²) in [6.45, 7) is 9.09. The quantitative estimate of drug-likeness (QED) is 0.303. The Morgan fingerprint density at radius 3 is 2.20 bits per heavy atom. The molecule has 1 amide bonds. The van der Waals surface area contributed by atoms with Crippen molar-refractivity contribution in [1.82, 2.24) is 9.97 Å². The maximum atomic E-state index is 13.1. The first-order chi connectivity index (χ1) is 14.4. The average molecular weight is 416 g/mol. The van der Waals surface area contributed by atoms with E-state index in [0.29, 0.717) is 5.92 Å². The number of hydrogen-bond donors (Lipinski definition) is 3. The van der Waals surface area contributed by atoms with Gasteiger partial charge in [-0.3, -0.25) is 4.79 Å². The molecule has 1 aromatic heterocycles. The fourth-order valence-electron chi connectivity index (χ4n) is 4.40. The first-order valence-corrected chi connectivity index (χ1v) is 12.0. The van der Waals surface area contributed by atoms with Crippen molar-refractivity contribution in [2.45, 2.75) is 91.9 Å². The minimum absolute atomic E-state index is 0.0479. The van der Waals surface area contributed by atoms with E-state index in [4.69, 9.17) is 0 Å². The summed E-state index contributed by atoms with van der Waals surface area (Å²) in [5.74, 6) is 1.60. The van der Waals surface area contributed by atoms with Crippen LogP contribution in [0.25, 0.3) is 11.0 Å². The van der Waals surface area contributed by atoms with Crippen molar-refractivity contribution in [3.05, 3.63) is 28.7 Å². The van der Waals surface area contributed by atoms with Gasteiger partial charge in [-0.1, -0.05) is 72.6 Å². The van der Waals surface area contributed by atoms with Crippen LogP contribution in [0.4, 0.5) is 5.69 Å². The molecule has 0 saturated heterocycles. The van der Waals surface area contributed by atoms with E-state index < -0.39 is 0 Å². The second-order valence-corrected chi connectivity index (χ2v) is 9.18. The van der Waals surface area contributed by atoms with Gasteiger partial charge in [0, 0.05) is 11.6 Å². The van der Waals surface area contributed by atoms with E-state index >= 15 is 0 Å². The molecule has 30 heavy (non-hydrogen) atoms. The van der Waals surface area contributed by atoms with Gasteiger partial charge < -0.3 is 15.3 Å². The fraction of sp³-hybridized carbons (Fsp3) is 0.680. The van der Waals surface area contributed by atoms with E-state index in [1.165, 1.54) is 38.5 Å². The van der Waals surface area contributed by atoms with E-state index in [9.17, 15) is 9.59 Å². The topological polar surface area (TPSA) is 77.8 Å². The molecule has 0 saturated carbocycles. The maximum absolute atomic E-state index is 13.1. The molecule has 3 unspecified atom stereocenters. The number of unbranched alkanes of at least 4 members (excludes halogenated alkanes) is 1. The van der Waals surface area contributed by atoms with Gasteiger partial charge in [0.1, 0.15) is 0 Å². The summed E-state index contributed by atoms with van der Waals surface area (Å²) < 4.78 is 0. The molecule has 0 aliphatic rings. The number of benzene rings is 1. The maximum Gasteiger partial charge on any atom is 0.323 e. The largest absolute Gasteiger partial charge is 0.326 e.